The molecule has 4 nitrogen and oxygen atoms in total. The lowest BCUT2D eigenvalue weighted by atomic mass is 10.3. The first-order valence-electron chi connectivity index (χ1n) is 4.78. The van der Waals surface area contributed by atoms with Crippen molar-refractivity contribution in [3.8, 4) is 0 Å². The minimum absolute atomic E-state index is 0.658. The van der Waals surface area contributed by atoms with Gasteiger partial charge in [0.25, 0.3) is 0 Å². The van der Waals surface area contributed by atoms with Gasteiger partial charge in [-0.25, -0.2) is 0 Å². The largest absolute Gasteiger partial charge is 0.399 e. The zero-order chi connectivity index (χ0) is 11.4. The van der Waals surface area contributed by atoms with Crippen molar-refractivity contribution in [1.82, 2.24) is 0 Å². The first-order chi connectivity index (χ1) is 6.58. The molecular formula is C10H22N2O2. The predicted molar refractivity (Wildman–Crippen MR) is 60.8 cm³/mol. The third-order valence-corrected chi connectivity index (χ3v) is 1.14. The second-order valence-electron chi connectivity index (χ2n) is 2.82. The van der Waals surface area contributed by atoms with Crippen molar-refractivity contribution in [1.29, 1.82) is 0 Å². The maximum Gasteiger partial charge on any atom is 0.114 e. The molecule has 4 heteroatoms. The predicted octanol–water partition coefficient (Wildman–Crippen LogP) is 2.84. The van der Waals surface area contributed by atoms with E-state index >= 15 is 0 Å². The van der Waals surface area contributed by atoms with Gasteiger partial charge < -0.3 is 9.68 Å². The van der Waals surface area contributed by atoms with Gasteiger partial charge in [0.2, 0.25) is 0 Å². The van der Waals surface area contributed by atoms with Crippen molar-refractivity contribution in [3.05, 3.63) is 0 Å². The molecule has 0 bridgehead atoms. The lowest BCUT2D eigenvalue weighted by Gasteiger charge is -1.89. The maximum atomic E-state index is 4.68. The van der Waals surface area contributed by atoms with Crippen LogP contribution in [-0.2, 0) is 9.68 Å². The van der Waals surface area contributed by atoms with Gasteiger partial charge in [-0.1, -0.05) is 17.2 Å². The Morgan fingerprint density at radius 1 is 1.07 bits per heavy atom. The molecule has 0 aliphatic heterocycles. The Morgan fingerprint density at radius 3 is 1.79 bits per heavy atom. The van der Waals surface area contributed by atoms with Gasteiger partial charge in [-0.15, -0.1) is 0 Å². The number of nitrogens with zero attached hydrogens (tertiary/aromatic N) is 2. The SMILES string of the molecule is CCC(C)=NOC.CCON=C(C)C. The van der Waals surface area contributed by atoms with E-state index in [-0.39, 0.29) is 0 Å². The van der Waals surface area contributed by atoms with Crippen LogP contribution in [0.5, 0.6) is 0 Å². The van der Waals surface area contributed by atoms with E-state index in [4.69, 9.17) is 0 Å². The van der Waals surface area contributed by atoms with Gasteiger partial charge in [0.15, 0.2) is 0 Å². The van der Waals surface area contributed by atoms with Gasteiger partial charge in [-0.3, -0.25) is 0 Å². The highest BCUT2D eigenvalue weighted by molar-refractivity contribution is 5.80. The minimum atomic E-state index is 0.658. The third-order valence-electron chi connectivity index (χ3n) is 1.14. The Morgan fingerprint density at radius 2 is 1.64 bits per heavy atom. The van der Waals surface area contributed by atoms with Crippen LogP contribution in [0.4, 0.5) is 0 Å². The molecule has 0 amide bonds. The molecule has 0 N–H and O–H groups in total. The van der Waals surface area contributed by atoms with Crippen molar-refractivity contribution in [2.75, 3.05) is 13.7 Å². The Kier molecular flexibility index (Phi) is 13.1. The zero-order valence-electron chi connectivity index (χ0n) is 10.1. The topological polar surface area (TPSA) is 43.2 Å². The first kappa shape index (κ1) is 15.4. The average Bonchev–Trinajstić information content (AvgIpc) is 2.16. The molecule has 0 rings (SSSR count). The van der Waals surface area contributed by atoms with Gasteiger partial charge in [-0.05, 0) is 34.1 Å². The molecule has 0 unspecified atom stereocenters. The van der Waals surface area contributed by atoms with Crippen LogP contribution in [0.25, 0.3) is 0 Å². The van der Waals surface area contributed by atoms with Crippen LogP contribution in [-0.4, -0.2) is 25.1 Å². The van der Waals surface area contributed by atoms with E-state index in [9.17, 15) is 0 Å². The summed E-state index contributed by atoms with van der Waals surface area (Å²) in [7, 11) is 1.55. The van der Waals surface area contributed by atoms with Gasteiger partial charge in [0.05, 0.1) is 11.4 Å². The molecule has 0 aromatic heterocycles. The average molecular weight is 202 g/mol. The van der Waals surface area contributed by atoms with Crippen LogP contribution >= 0.6 is 0 Å². The van der Waals surface area contributed by atoms with E-state index < -0.39 is 0 Å². The van der Waals surface area contributed by atoms with Crippen molar-refractivity contribution in [2.24, 2.45) is 10.3 Å². The number of hydrogen-bond donors (Lipinski definition) is 0. The molecular weight excluding hydrogens is 180 g/mol. The monoisotopic (exact) mass is 202 g/mol. The third kappa shape index (κ3) is 17.1. The molecule has 0 saturated heterocycles. The van der Waals surface area contributed by atoms with Crippen molar-refractivity contribution >= 4 is 11.4 Å². The highest BCUT2D eigenvalue weighted by Gasteiger charge is 1.79. The van der Waals surface area contributed by atoms with Gasteiger partial charge in [0, 0.05) is 0 Å². The standard InChI is InChI=1S/2C5H11NO/c1-4-5(2)6-7-3;1-4-7-6-5(2)3/h2*4H2,1-3H3. The van der Waals surface area contributed by atoms with Crippen LogP contribution in [0.1, 0.15) is 41.0 Å². The summed E-state index contributed by atoms with van der Waals surface area (Å²) in [6, 6.07) is 0. The van der Waals surface area contributed by atoms with Gasteiger partial charge in [0.1, 0.15) is 13.7 Å². The van der Waals surface area contributed by atoms with E-state index in [2.05, 4.69) is 20.0 Å². The fourth-order valence-corrected chi connectivity index (χ4v) is 0.414. The molecule has 0 fully saturated rings. The molecule has 84 valence electrons. The van der Waals surface area contributed by atoms with Crippen molar-refractivity contribution in [2.45, 2.75) is 41.0 Å². The highest BCUT2D eigenvalue weighted by atomic mass is 16.6. The number of oxime groups is 2. The second kappa shape index (κ2) is 11.9. The van der Waals surface area contributed by atoms with Crippen LogP contribution in [0.2, 0.25) is 0 Å². The second-order valence-corrected chi connectivity index (χ2v) is 2.82. The summed E-state index contributed by atoms with van der Waals surface area (Å²) in [5.41, 5.74) is 1.99. The lowest BCUT2D eigenvalue weighted by Crippen LogP contribution is -1.86. The molecule has 0 aromatic carbocycles. The summed E-state index contributed by atoms with van der Waals surface area (Å²) in [6.45, 7) is 10.3. The summed E-state index contributed by atoms with van der Waals surface area (Å²) in [5.74, 6) is 0. The van der Waals surface area contributed by atoms with Crippen LogP contribution in [0.3, 0.4) is 0 Å². The molecule has 0 heterocycles. The smallest absolute Gasteiger partial charge is 0.114 e. The normalized spacial score (nSPS) is 9.71. The molecule has 0 aliphatic carbocycles. The number of rotatable bonds is 4. The number of hydrogen-bond acceptors (Lipinski definition) is 4. The van der Waals surface area contributed by atoms with Crippen LogP contribution in [0, 0.1) is 0 Å². The van der Waals surface area contributed by atoms with Gasteiger partial charge in [-0.2, -0.15) is 0 Å². The molecule has 0 radical (unpaired) electrons. The molecule has 0 saturated carbocycles. The quantitative estimate of drug-likeness (QED) is 0.519. The molecule has 0 aromatic rings. The fraction of sp³-hybridized carbons (Fsp3) is 0.800. The lowest BCUT2D eigenvalue weighted by molar-refractivity contribution is 0.158. The molecule has 0 aliphatic rings. The van der Waals surface area contributed by atoms with E-state index in [0.717, 1.165) is 17.8 Å². The van der Waals surface area contributed by atoms with Crippen LogP contribution in [0.15, 0.2) is 10.3 Å². The Balaban J connectivity index is 0. The van der Waals surface area contributed by atoms with Gasteiger partial charge >= 0.3 is 0 Å². The first-order valence-corrected chi connectivity index (χ1v) is 4.78. The summed E-state index contributed by atoms with van der Waals surface area (Å²) in [6.07, 6.45) is 0.966. The Hall–Kier alpha value is -1.06. The molecule has 0 spiro atoms. The van der Waals surface area contributed by atoms with E-state index in [1.807, 2.05) is 34.6 Å². The zero-order valence-corrected chi connectivity index (χ0v) is 10.1. The summed E-state index contributed by atoms with van der Waals surface area (Å²) < 4.78 is 0. The van der Waals surface area contributed by atoms with E-state index in [1.54, 1.807) is 7.11 Å². The summed E-state index contributed by atoms with van der Waals surface area (Å²) in [5, 5.41) is 7.32. The maximum absolute atomic E-state index is 4.68. The Labute approximate surface area is 87.0 Å². The van der Waals surface area contributed by atoms with Crippen LogP contribution < -0.4 is 0 Å². The highest BCUT2D eigenvalue weighted by Crippen LogP contribution is 1.82. The Bertz CT molecular complexity index is 173. The minimum Gasteiger partial charge on any atom is -0.399 e. The summed E-state index contributed by atoms with van der Waals surface area (Å²) in [4.78, 5) is 9.17. The molecule has 0 atom stereocenters. The van der Waals surface area contributed by atoms with Crippen molar-refractivity contribution in [3.63, 3.8) is 0 Å². The fourth-order valence-electron chi connectivity index (χ4n) is 0.414. The molecule has 14 heavy (non-hydrogen) atoms. The van der Waals surface area contributed by atoms with Crippen molar-refractivity contribution < 1.29 is 9.68 Å². The summed E-state index contributed by atoms with van der Waals surface area (Å²) >= 11 is 0. The van der Waals surface area contributed by atoms with E-state index in [1.165, 1.54) is 0 Å². The van der Waals surface area contributed by atoms with E-state index in [0.29, 0.717) is 6.61 Å².